The Hall–Kier alpha value is -7.30. The van der Waals surface area contributed by atoms with Crippen LogP contribution in [0.25, 0.3) is 11.1 Å². The lowest BCUT2D eigenvalue weighted by molar-refractivity contribution is -0.130. The molecular formula is C40H24F2O8. The van der Waals surface area contributed by atoms with E-state index in [1.807, 2.05) is 0 Å². The number of hydrogen-bond acceptors (Lipinski definition) is 8. The molecule has 0 aliphatic heterocycles. The average Bonchev–Trinajstić information content (AvgIpc) is 3.14. The molecule has 0 N–H and O–H groups in total. The van der Waals surface area contributed by atoms with E-state index in [2.05, 4.69) is 50.0 Å². The molecule has 0 aliphatic carbocycles. The van der Waals surface area contributed by atoms with Crippen LogP contribution in [0.2, 0.25) is 0 Å². The maximum Gasteiger partial charge on any atom is 0.335 e. The SMILES string of the molecule is C=CC(=O)Oc1ccc(C#Cc2c(F)c(OC(=O)C=C)c(C#Cc3ccc(-c4ccc(OC(=O)C=C)cc4)cc3)c(F)c2OC(=O)C=C)cc1. The van der Waals surface area contributed by atoms with Crippen molar-refractivity contribution in [2.45, 2.75) is 0 Å². The second-order valence-electron chi connectivity index (χ2n) is 9.66. The van der Waals surface area contributed by atoms with Gasteiger partial charge in [0, 0.05) is 35.4 Å². The molecule has 8 nitrogen and oxygen atoms in total. The van der Waals surface area contributed by atoms with Crippen LogP contribution in [0.4, 0.5) is 8.78 Å². The fraction of sp³-hybridized carbons (Fsp3) is 0. The maximum absolute atomic E-state index is 16.1. The highest BCUT2D eigenvalue weighted by molar-refractivity contribution is 5.86. The highest BCUT2D eigenvalue weighted by atomic mass is 19.1. The largest absolute Gasteiger partial charge is 0.423 e. The van der Waals surface area contributed by atoms with Crippen molar-refractivity contribution in [2.24, 2.45) is 0 Å². The lowest BCUT2D eigenvalue weighted by Crippen LogP contribution is -2.13. The quantitative estimate of drug-likeness (QED) is 0.0830. The summed E-state index contributed by atoms with van der Waals surface area (Å²) in [5.41, 5.74) is 0.690. The number of carbonyl (C=O) groups is 4. The van der Waals surface area contributed by atoms with Crippen molar-refractivity contribution >= 4 is 23.9 Å². The molecule has 246 valence electrons. The van der Waals surface area contributed by atoms with Gasteiger partial charge in [0.2, 0.25) is 0 Å². The minimum Gasteiger partial charge on any atom is -0.423 e. The summed E-state index contributed by atoms with van der Waals surface area (Å²) in [6.07, 6.45) is 3.50. The Balaban J connectivity index is 1.75. The van der Waals surface area contributed by atoms with Crippen molar-refractivity contribution in [2.75, 3.05) is 0 Å². The summed E-state index contributed by atoms with van der Waals surface area (Å²) in [6, 6.07) is 19.0. The van der Waals surface area contributed by atoms with Crippen molar-refractivity contribution < 1.29 is 46.9 Å². The second kappa shape index (κ2) is 16.5. The van der Waals surface area contributed by atoms with E-state index in [0.717, 1.165) is 35.4 Å². The molecule has 0 atom stereocenters. The summed E-state index contributed by atoms with van der Waals surface area (Å²) in [4.78, 5) is 47.2. The van der Waals surface area contributed by atoms with Crippen LogP contribution in [0.3, 0.4) is 0 Å². The standard InChI is InChI=1S/C40H24F2O8/c1-5-33(43)47-29-19-11-26(12-20-29)14-24-32-38(42)39(49-35(45)7-3)31(37(41)40(32)50-36(46)8-4)23-13-25-9-15-27(16-10-25)28-17-21-30(22-18-28)48-34(44)6-2/h5-12,15-22H,1-4H2. The monoisotopic (exact) mass is 670 g/mol. The van der Waals surface area contributed by atoms with E-state index in [-0.39, 0.29) is 11.3 Å². The lowest BCUT2D eigenvalue weighted by atomic mass is 10.0. The van der Waals surface area contributed by atoms with Gasteiger partial charge < -0.3 is 18.9 Å². The van der Waals surface area contributed by atoms with E-state index in [9.17, 15) is 19.2 Å². The molecule has 4 rings (SSSR count). The van der Waals surface area contributed by atoms with E-state index >= 15 is 8.78 Å². The first-order valence-electron chi connectivity index (χ1n) is 14.3. The minimum absolute atomic E-state index is 0.178. The van der Waals surface area contributed by atoms with Crippen molar-refractivity contribution in [1.29, 1.82) is 0 Å². The van der Waals surface area contributed by atoms with Gasteiger partial charge in [-0.2, -0.15) is 0 Å². The highest BCUT2D eigenvalue weighted by Gasteiger charge is 2.28. The molecule has 4 aromatic carbocycles. The Morgan fingerprint density at radius 1 is 0.460 bits per heavy atom. The molecule has 50 heavy (non-hydrogen) atoms. The van der Waals surface area contributed by atoms with E-state index in [1.54, 1.807) is 48.5 Å². The van der Waals surface area contributed by atoms with Gasteiger partial charge in [-0.3, -0.25) is 0 Å². The van der Waals surface area contributed by atoms with Crippen molar-refractivity contribution in [3.8, 4) is 57.8 Å². The molecule has 0 bridgehead atoms. The third kappa shape index (κ3) is 8.94. The van der Waals surface area contributed by atoms with Gasteiger partial charge in [0.05, 0.1) is 0 Å². The fourth-order valence-corrected chi connectivity index (χ4v) is 4.00. The molecule has 0 saturated carbocycles. The van der Waals surface area contributed by atoms with Gasteiger partial charge in [0.15, 0.2) is 23.1 Å². The summed E-state index contributed by atoms with van der Waals surface area (Å²) in [5.74, 6) is 2.64. The van der Waals surface area contributed by atoms with Crippen LogP contribution in [0.15, 0.2) is 123 Å². The van der Waals surface area contributed by atoms with Crippen LogP contribution < -0.4 is 18.9 Å². The molecule has 0 heterocycles. The smallest absolute Gasteiger partial charge is 0.335 e. The number of hydrogen-bond donors (Lipinski definition) is 0. The molecule has 0 amide bonds. The predicted octanol–water partition coefficient (Wildman–Crippen LogP) is 6.80. The van der Waals surface area contributed by atoms with Crippen LogP contribution in [-0.2, 0) is 19.2 Å². The molecule has 0 unspecified atom stereocenters. The molecule has 0 saturated heterocycles. The molecule has 0 aromatic heterocycles. The van der Waals surface area contributed by atoms with Gasteiger partial charge >= 0.3 is 23.9 Å². The number of halogens is 2. The topological polar surface area (TPSA) is 105 Å². The van der Waals surface area contributed by atoms with Gasteiger partial charge in [-0.15, -0.1) is 0 Å². The highest BCUT2D eigenvalue weighted by Crippen LogP contribution is 2.37. The molecule has 10 heteroatoms. The van der Waals surface area contributed by atoms with Crippen molar-refractivity contribution in [3.05, 3.63) is 157 Å². The normalized spacial score (nSPS) is 9.72. The lowest BCUT2D eigenvalue weighted by Gasteiger charge is -2.13. The second-order valence-corrected chi connectivity index (χ2v) is 9.66. The van der Waals surface area contributed by atoms with Crippen molar-refractivity contribution in [1.82, 2.24) is 0 Å². The first-order valence-corrected chi connectivity index (χ1v) is 14.3. The first kappa shape index (κ1) is 35.6. The number of ether oxygens (including phenoxy) is 4. The molecular weight excluding hydrogens is 646 g/mol. The first-order chi connectivity index (χ1) is 24.1. The van der Waals surface area contributed by atoms with Crippen LogP contribution >= 0.6 is 0 Å². The van der Waals surface area contributed by atoms with Crippen LogP contribution in [-0.4, -0.2) is 23.9 Å². The number of esters is 4. The van der Waals surface area contributed by atoms with E-state index < -0.39 is 58.1 Å². The Morgan fingerprint density at radius 2 is 0.760 bits per heavy atom. The third-order valence-corrected chi connectivity index (χ3v) is 6.39. The number of rotatable bonds is 9. The van der Waals surface area contributed by atoms with Gasteiger partial charge in [-0.25, -0.2) is 28.0 Å². The van der Waals surface area contributed by atoms with E-state index in [0.29, 0.717) is 11.3 Å². The van der Waals surface area contributed by atoms with E-state index in [1.165, 1.54) is 24.3 Å². The third-order valence-electron chi connectivity index (χ3n) is 6.39. The number of benzene rings is 4. The Kier molecular flexibility index (Phi) is 11.7. The van der Waals surface area contributed by atoms with Crippen molar-refractivity contribution in [3.63, 3.8) is 0 Å². The Bertz CT molecular complexity index is 2160. The molecule has 0 aliphatic rings. The summed E-state index contributed by atoms with van der Waals surface area (Å²) < 4.78 is 52.4. The molecule has 0 radical (unpaired) electrons. The number of carbonyl (C=O) groups excluding carboxylic acids is 4. The summed E-state index contributed by atoms with van der Waals surface area (Å²) in [7, 11) is 0. The Labute approximate surface area is 285 Å². The molecule has 4 aromatic rings. The summed E-state index contributed by atoms with van der Waals surface area (Å²) in [6.45, 7) is 13.2. The van der Waals surface area contributed by atoms with Gasteiger partial charge in [-0.1, -0.05) is 74.3 Å². The minimum atomic E-state index is -1.35. The predicted molar refractivity (Wildman–Crippen MR) is 180 cm³/mol. The maximum atomic E-state index is 16.1. The van der Waals surface area contributed by atoms with E-state index in [4.69, 9.17) is 18.9 Å². The van der Waals surface area contributed by atoms with Crippen LogP contribution in [0.5, 0.6) is 23.0 Å². The van der Waals surface area contributed by atoms with Crippen LogP contribution in [0, 0.1) is 35.3 Å². The van der Waals surface area contributed by atoms with Gasteiger partial charge in [0.1, 0.15) is 22.6 Å². The summed E-state index contributed by atoms with van der Waals surface area (Å²) in [5, 5.41) is 0. The zero-order chi connectivity index (χ0) is 36.2. The fourth-order valence-electron chi connectivity index (χ4n) is 4.00. The van der Waals surface area contributed by atoms with Gasteiger partial charge in [-0.05, 0) is 59.7 Å². The molecule has 0 fully saturated rings. The molecule has 0 spiro atoms. The Morgan fingerprint density at radius 3 is 1.12 bits per heavy atom. The zero-order valence-electron chi connectivity index (χ0n) is 26.1. The zero-order valence-corrected chi connectivity index (χ0v) is 26.1. The average molecular weight is 671 g/mol. The summed E-state index contributed by atoms with van der Waals surface area (Å²) >= 11 is 0. The van der Waals surface area contributed by atoms with Gasteiger partial charge in [0.25, 0.3) is 0 Å². The van der Waals surface area contributed by atoms with Crippen LogP contribution in [0.1, 0.15) is 22.3 Å².